The highest BCUT2D eigenvalue weighted by Crippen LogP contribution is 2.25. The summed E-state index contributed by atoms with van der Waals surface area (Å²) >= 11 is 1.47. The minimum Gasteiger partial charge on any atom is -0.337 e. The number of carbonyl (C=O) groups is 1. The molecule has 1 fully saturated rings. The second kappa shape index (κ2) is 8.71. The predicted molar refractivity (Wildman–Crippen MR) is 90.0 cm³/mol. The molecule has 0 aliphatic carbocycles. The van der Waals surface area contributed by atoms with Crippen molar-refractivity contribution >= 4 is 29.7 Å². The van der Waals surface area contributed by atoms with Crippen LogP contribution in [0.1, 0.15) is 55.0 Å². The molecule has 21 heavy (non-hydrogen) atoms. The zero-order valence-corrected chi connectivity index (χ0v) is 14.5. The van der Waals surface area contributed by atoms with Gasteiger partial charge in [-0.3, -0.25) is 4.79 Å². The lowest BCUT2D eigenvalue weighted by molar-refractivity contribution is 0.0679. The van der Waals surface area contributed by atoms with Crippen LogP contribution in [0.25, 0.3) is 0 Å². The second-order valence-corrected chi connectivity index (χ2v) is 6.98. The summed E-state index contributed by atoms with van der Waals surface area (Å²) in [5.74, 6) is 1.64. The summed E-state index contributed by atoms with van der Waals surface area (Å²) in [6, 6.07) is 0. The molecule has 0 unspecified atom stereocenters. The second-order valence-electron chi connectivity index (χ2n) is 6.04. The Morgan fingerprint density at radius 3 is 2.67 bits per heavy atom. The number of hydrogen-bond acceptors (Lipinski definition) is 4. The van der Waals surface area contributed by atoms with E-state index in [2.05, 4.69) is 18.8 Å². The molecule has 0 radical (unpaired) electrons. The Hall–Kier alpha value is -0.650. The van der Waals surface area contributed by atoms with Gasteiger partial charge in [-0.2, -0.15) is 0 Å². The normalized spacial score (nSPS) is 16.1. The average molecular weight is 332 g/mol. The summed E-state index contributed by atoms with van der Waals surface area (Å²) in [7, 11) is 0. The van der Waals surface area contributed by atoms with Crippen molar-refractivity contribution in [3.63, 3.8) is 0 Å². The summed E-state index contributed by atoms with van der Waals surface area (Å²) in [6.45, 7) is 6.70. The number of carbonyl (C=O) groups excluding carboxylic acids is 1. The number of halogens is 1. The van der Waals surface area contributed by atoms with Crippen molar-refractivity contribution in [3.05, 3.63) is 16.1 Å². The first-order chi connectivity index (χ1) is 9.60. The smallest absolute Gasteiger partial charge is 0.273 e. The third-order valence-corrected chi connectivity index (χ3v) is 4.87. The summed E-state index contributed by atoms with van der Waals surface area (Å²) in [5, 5.41) is 2.66. The molecule has 0 saturated carbocycles. The van der Waals surface area contributed by atoms with E-state index in [-0.39, 0.29) is 18.3 Å². The first-order valence-electron chi connectivity index (χ1n) is 7.54. The van der Waals surface area contributed by atoms with Gasteiger partial charge in [-0.25, -0.2) is 4.98 Å². The Morgan fingerprint density at radius 2 is 2.14 bits per heavy atom. The average Bonchev–Trinajstić information content (AvgIpc) is 2.94. The minimum atomic E-state index is 0. The molecule has 1 aliphatic rings. The Balaban J connectivity index is 0.00000220. The maximum Gasteiger partial charge on any atom is 0.273 e. The molecule has 0 aromatic carbocycles. The van der Waals surface area contributed by atoms with E-state index in [1.54, 1.807) is 0 Å². The van der Waals surface area contributed by atoms with E-state index in [1.807, 2.05) is 10.3 Å². The van der Waals surface area contributed by atoms with Crippen molar-refractivity contribution in [1.29, 1.82) is 0 Å². The van der Waals surface area contributed by atoms with Crippen LogP contribution in [0.5, 0.6) is 0 Å². The van der Waals surface area contributed by atoms with Crippen molar-refractivity contribution in [2.45, 2.75) is 46.1 Å². The molecule has 2 rings (SSSR count). The fourth-order valence-electron chi connectivity index (χ4n) is 2.66. The number of nitrogens with two attached hydrogens (primary N) is 1. The van der Waals surface area contributed by atoms with Crippen LogP contribution in [0.3, 0.4) is 0 Å². The number of thiazole rings is 1. The number of rotatable bonds is 5. The molecule has 120 valence electrons. The van der Waals surface area contributed by atoms with Crippen LogP contribution in [0.4, 0.5) is 0 Å². The highest BCUT2D eigenvalue weighted by molar-refractivity contribution is 7.09. The third-order valence-electron chi connectivity index (χ3n) is 4.00. The zero-order valence-electron chi connectivity index (χ0n) is 12.9. The Kier molecular flexibility index (Phi) is 7.63. The zero-order chi connectivity index (χ0) is 14.5. The predicted octanol–water partition coefficient (Wildman–Crippen LogP) is 3.31. The van der Waals surface area contributed by atoms with Crippen LogP contribution in [0.15, 0.2) is 5.38 Å². The van der Waals surface area contributed by atoms with E-state index in [0.29, 0.717) is 12.2 Å². The van der Waals surface area contributed by atoms with Gasteiger partial charge in [0.15, 0.2) is 0 Å². The van der Waals surface area contributed by atoms with Crippen LogP contribution in [0.2, 0.25) is 0 Å². The highest BCUT2D eigenvalue weighted by Gasteiger charge is 2.24. The maximum atomic E-state index is 12.3. The van der Waals surface area contributed by atoms with Gasteiger partial charge in [0, 0.05) is 25.0 Å². The maximum absolute atomic E-state index is 12.3. The monoisotopic (exact) mass is 331 g/mol. The molecule has 2 heterocycles. The number of nitrogens with zero attached hydrogens (tertiary/aromatic N) is 2. The first kappa shape index (κ1) is 18.4. The molecule has 2 N–H and O–H groups in total. The third kappa shape index (κ3) is 5.24. The summed E-state index contributed by atoms with van der Waals surface area (Å²) in [5.41, 5.74) is 6.11. The fourth-order valence-corrected chi connectivity index (χ4v) is 3.31. The van der Waals surface area contributed by atoms with E-state index in [0.717, 1.165) is 42.8 Å². The molecule has 1 aliphatic heterocycles. The van der Waals surface area contributed by atoms with E-state index < -0.39 is 0 Å². The molecule has 1 aromatic heterocycles. The Morgan fingerprint density at radius 1 is 1.48 bits per heavy atom. The van der Waals surface area contributed by atoms with Gasteiger partial charge in [-0.1, -0.05) is 26.7 Å². The number of piperidine rings is 1. The SMILES string of the molecule is CC(C)CCC1CCN(C(=O)c2csc(CN)n2)CC1.Cl. The van der Waals surface area contributed by atoms with Crippen molar-refractivity contribution in [2.75, 3.05) is 13.1 Å². The van der Waals surface area contributed by atoms with Crippen molar-refractivity contribution in [1.82, 2.24) is 9.88 Å². The molecular formula is C15H26ClN3OS. The number of amides is 1. The van der Waals surface area contributed by atoms with E-state index >= 15 is 0 Å². The molecular weight excluding hydrogens is 306 g/mol. The topological polar surface area (TPSA) is 59.2 Å². The van der Waals surface area contributed by atoms with Crippen LogP contribution in [0, 0.1) is 11.8 Å². The van der Waals surface area contributed by atoms with Gasteiger partial charge in [-0.15, -0.1) is 23.7 Å². The first-order valence-corrected chi connectivity index (χ1v) is 8.42. The lowest BCUT2D eigenvalue weighted by Crippen LogP contribution is -2.38. The summed E-state index contributed by atoms with van der Waals surface area (Å²) in [4.78, 5) is 18.6. The summed E-state index contributed by atoms with van der Waals surface area (Å²) < 4.78 is 0. The Labute approximate surface area is 137 Å². The number of hydrogen-bond donors (Lipinski definition) is 1. The lowest BCUT2D eigenvalue weighted by atomic mass is 9.89. The van der Waals surface area contributed by atoms with Crippen molar-refractivity contribution in [2.24, 2.45) is 17.6 Å². The van der Waals surface area contributed by atoms with E-state index in [9.17, 15) is 4.79 Å². The molecule has 0 spiro atoms. The van der Waals surface area contributed by atoms with Crippen LogP contribution in [-0.4, -0.2) is 28.9 Å². The molecule has 0 bridgehead atoms. The molecule has 4 nitrogen and oxygen atoms in total. The van der Waals surface area contributed by atoms with Gasteiger partial charge in [-0.05, 0) is 24.7 Å². The standard InChI is InChI=1S/C15H25N3OS.ClH/c1-11(2)3-4-12-5-7-18(8-6-12)15(19)13-10-20-14(9-16)17-13;/h10-12H,3-9,16H2,1-2H3;1H. The molecule has 0 atom stereocenters. The van der Waals surface area contributed by atoms with Gasteiger partial charge in [0.2, 0.25) is 0 Å². The van der Waals surface area contributed by atoms with Crippen molar-refractivity contribution in [3.8, 4) is 0 Å². The van der Waals surface area contributed by atoms with E-state index in [4.69, 9.17) is 5.73 Å². The number of likely N-dealkylation sites (tertiary alicyclic amines) is 1. The molecule has 1 aromatic rings. The van der Waals surface area contributed by atoms with Gasteiger partial charge in [0.05, 0.1) is 0 Å². The molecule has 1 amide bonds. The quantitative estimate of drug-likeness (QED) is 0.900. The van der Waals surface area contributed by atoms with Gasteiger partial charge < -0.3 is 10.6 Å². The van der Waals surface area contributed by atoms with Gasteiger partial charge in [0.25, 0.3) is 5.91 Å². The highest BCUT2D eigenvalue weighted by atomic mass is 35.5. The van der Waals surface area contributed by atoms with Gasteiger partial charge in [0.1, 0.15) is 10.7 Å². The minimum absolute atomic E-state index is 0. The van der Waals surface area contributed by atoms with Gasteiger partial charge >= 0.3 is 0 Å². The number of aromatic nitrogens is 1. The summed E-state index contributed by atoms with van der Waals surface area (Å²) in [6.07, 6.45) is 4.86. The molecule has 1 saturated heterocycles. The van der Waals surface area contributed by atoms with Crippen LogP contribution < -0.4 is 5.73 Å². The van der Waals surface area contributed by atoms with Crippen LogP contribution >= 0.6 is 23.7 Å². The fraction of sp³-hybridized carbons (Fsp3) is 0.733. The lowest BCUT2D eigenvalue weighted by Gasteiger charge is -2.32. The Bertz CT molecular complexity index is 442. The molecule has 6 heteroatoms. The van der Waals surface area contributed by atoms with Crippen molar-refractivity contribution < 1.29 is 4.79 Å². The largest absolute Gasteiger partial charge is 0.337 e. The van der Waals surface area contributed by atoms with E-state index in [1.165, 1.54) is 24.2 Å². The van der Waals surface area contributed by atoms with Crippen LogP contribution in [-0.2, 0) is 6.54 Å².